The number of thiophene rings is 1. The average Bonchev–Trinajstić information content (AvgIpc) is 3.00. The first-order valence-corrected chi connectivity index (χ1v) is 9.52. The fraction of sp³-hybridized carbons (Fsp3) is 0.286. The van der Waals surface area contributed by atoms with Crippen LogP contribution in [0.3, 0.4) is 0 Å². The summed E-state index contributed by atoms with van der Waals surface area (Å²) >= 11 is 1.37. The predicted octanol–water partition coefficient (Wildman–Crippen LogP) is 1.00. The Balaban J connectivity index is 2.08. The number of rotatable bonds is 6. The quantitative estimate of drug-likeness (QED) is 0.586. The standard InChI is InChI=1S/C14H17N3O4S2/c1-10-11(14(19)15-16-23(2,20)21)5-3-7-17(10)9-12(18)13-6-4-8-22-13/h3-4,6-8,16H,5,9H2,1-2H3,(H,15,19). The second-order valence-electron chi connectivity index (χ2n) is 5.01. The number of hydrogen-bond donors (Lipinski definition) is 2. The van der Waals surface area contributed by atoms with E-state index in [2.05, 4.69) is 5.43 Å². The second-order valence-corrected chi connectivity index (χ2v) is 7.71. The number of amides is 1. The van der Waals surface area contributed by atoms with Gasteiger partial charge in [-0.05, 0) is 24.8 Å². The van der Waals surface area contributed by atoms with E-state index in [1.807, 2.05) is 16.3 Å². The Morgan fingerprint density at radius 2 is 2.13 bits per heavy atom. The van der Waals surface area contributed by atoms with E-state index in [1.54, 1.807) is 30.2 Å². The molecule has 7 nitrogen and oxygen atoms in total. The van der Waals surface area contributed by atoms with Gasteiger partial charge in [-0.2, -0.15) is 0 Å². The Labute approximate surface area is 138 Å². The number of Topliss-reactive ketones (excluding diaryl/α,β-unsaturated/α-hetero) is 1. The van der Waals surface area contributed by atoms with Crippen LogP contribution in [0.2, 0.25) is 0 Å². The highest BCUT2D eigenvalue weighted by Gasteiger charge is 2.21. The third kappa shape index (κ3) is 4.75. The molecule has 0 bridgehead atoms. The fourth-order valence-corrected chi connectivity index (χ4v) is 2.98. The lowest BCUT2D eigenvalue weighted by molar-refractivity contribution is -0.118. The number of nitrogens with zero attached hydrogens (tertiary/aromatic N) is 1. The first kappa shape index (κ1) is 17.4. The molecule has 124 valence electrons. The molecule has 23 heavy (non-hydrogen) atoms. The van der Waals surface area contributed by atoms with E-state index in [-0.39, 0.29) is 12.3 Å². The van der Waals surface area contributed by atoms with Gasteiger partial charge in [0.2, 0.25) is 10.0 Å². The monoisotopic (exact) mass is 355 g/mol. The topological polar surface area (TPSA) is 95.6 Å². The Kier molecular flexibility index (Phi) is 5.34. The van der Waals surface area contributed by atoms with Crippen molar-refractivity contribution >= 4 is 33.1 Å². The predicted molar refractivity (Wildman–Crippen MR) is 87.9 cm³/mol. The first-order chi connectivity index (χ1) is 10.8. The highest BCUT2D eigenvalue weighted by Crippen LogP contribution is 2.21. The lowest BCUT2D eigenvalue weighted by Crippen LogP contribution is -2.42. The fourth-order valence-electron chi connectivity index (χ4n) is 2.04. The van der Waals surface area contributed by atoms with Gasteiger partial charge in [-0.1, -0.05) is 12.1 Å². The van der Waals surface area contributed by atoms with Crippen LogP contribution in [0.4, 0.5) is 0 Å². The van der Waals surface area contributed by atoms with Crippen LogP contribution in [-0.2, 0) is 14.8 Å². The zero-order valence-electron chi connectivity index (χ0n) is 12.7. The van der Waals surface area contributed by atoms with Crippen molar-refractivity contribution in [1.29, 1.82) is 0 Å². The van der Waals surface area contributed by atoms with Crippen molar-refractivity contribution in [2.75, 3.05) is 12.8 Å². The number of allylic oxidation sites excluding steroid dienone is 2. The summed E-state index contributed by atoms with van der Waals surface area (Å²) in [7, 11) is -3.53. The molecule has 1 amide bonds. The van der Waals surface area contributed by atoms with Crippen LogP contribution in [0.1, 0.15) is 23.0 Å². The van der Waals surface area contributed by atoms with E-state index in [0.29, 0.717) is 22.6 Å². The van der Waals surface area contributed by atoms with E-state index in [1.165, 1.54) is 11.3 Å². The summed E-state index contributed by atoms with van der Waals surface area (Å²) in [5.74, 6) is -0.578. The molecule has 1 aromatic rings. The van der Waals surface area contributed by atoms with Crippen molar-refractivity contribution in [2.24, 2.45) is 0 Å². The third-order valence-corrected chi connectivity index (χ3v) is 4.59. The first-order valence-electron chi connectivity index (χ1n) is 6.75. The molecule has 0 radical (unpaired) electrons. The largest absolute Gasteiger partial charge is 0.344 e. The van der Waals surface area contributed by atoms with E-state index >= 15 is 0 Å². The maximum Gasteiger partial charge on any atom is 0.264 e. The van der Waals surface area contributed by atoms with Crippen LogP contribution in [0, 0.1) is 0 Å². The molecule has 0 atom stereocenters. The van der Waals surface area contributed by atoms with E-state index in [4.69, 9.17) is 0 Å². The van der Waals surface area contributed by atoms with E-state index in [0.717, 1.165) is 6.26 Å². The molecule has 2 rings (SSSR count). The minimum Gasteiger partial charge on any atom is -0.344 e. The van der Waals surface area contributed by atoms with Crippen molar-refractivity contribution < 1.29 is 18.0 Å². The molecule has 1 aromatic heterocycles. The van der Waals surface area contributed by atoms with Crippen LogP contribution in [-0.4, -0.2) is 37.8 Å². The minimum absolute atomic E-state index is 0.0417. The van der Waals surface area contributed by atoms with Crippen LogP contribution in [0.5, 0.6) is 0 Å². The Bertz CT molecular complexity index is 764. The molecular weight excluding hydrogens is 338 g/mol. The smallest absolute Gasteiger partial charge is 0.264 e. The van der Waals surface area contributed by atoms with Crippen LogP contribution < -0.4 is 10.3 Å². The summed E-state index contributed by atoms with van der Waals surface area (Å²) in [6.45, 7) is 1.85. The van der Waals surface area contributed by atoms with Gasteiger partial charge >= 0.3 is 0 Å². The molecule has 9 heteroatoms. The zero-order chi connectivity index (χ0) is 17.0. The van der Waals surface area contributed by atoms with Gasteiger partial charge in [-0.15, -0.1) is 16.2 Å². The number of nitrogens with one attached hydrogen (secondary N) is 2. The lowest BCUT2D eigenvalue weighted by atomic mass is 10.1. The summed E-state index contributed by atoms with van der Waals surface area (Å²) < 4.78 is 22.1. The highest BCUT2D eigenvalue weighted by atomic mass is 32.2. The van der Waals surface area contributed by atoms with Crippen molar-refractivity contribution in [1.82, 2.24) is 15.2 Å². The van der Waals surface area contributed by atoms with Crippen molar-refractivity contribution in [3.05, 3.63) is 45.9 Å². The molecule has 0 fully saturated rings. The maximum atomic E-state index is 12.2. The van der Waals surface area contributed by atoms with Gasteiger partial charge in [0.25, 0.3) is 5.91 Å². The van der Waals surface area contributed by atoms with Crippen LogP contribution in [0.15, 0.2) is 41.1 Å². The molecule has 1 aliphatic rings. The number of carbonyl (C=O) groups excluding carboxylic acids is 2. The molecule has 0 aromatic carbocycles. The van der Waals surface area contributed by atoms with Gasteiger partial charge in [-0.25, -0.2) is 8.42 Å². The van der Waals surface area contributed by atoms with Crippen molar-refractivity contribution in [3.8, 4) is 0 Å². The number of sulfonamides is 1. The van der Waals surface area contributed by atoms with Gasteiger partial charge < -0.3 is 4.90 Å². The molecule has 0 saturated heterocycles. The van der Waals surface area contributed by atoms with E-state index < -0.39 is 15.9 Å². The molecule has 2 heterocycles. The molecule has 0 aliphatic carbocycles. The molecule has 0 saturated carbocycles. The lowest BCUT2D eigenvalue weighted by Gasteiger charge is -2.26. The van der Waals surface area contributed by atoms with Crippen molar-refractivity contribution in [2.45, 2.75) is 13.3 Å². The molecular formula is C14H17N3O4S2. The highest BCUT2D eigenvalue weighted by molar-refractivity contribution is 7.88. The van der Waals surface area contributed by atoms with Gasteiger partial charge in [0, 0.05) is 17.5 Å². The second kappa shape index (κ2) is 7.07. The van der Waals surface area contributed by atoms with Gasteiger partial charge in [0.1, 0.15) is 0 Å². The van der Waals surface area contributed by atoms with Gasteiger partial charge in [0.05, 0.1) is 17.7 Å². The Morgan fingerprint density at radius 3 is 2.74 bits per heavy atom. The van der Waals surface area contributed by atoms with Crippen LogP contribution in [0.25, 0.3) is 0 Å². The Hall–Kier alpha value is -1.97. The number of ketones is 1. The summed E-state index contributed by atoms with van der Waals surface area (Å²) in [4.78, 5) is 28.5. The minimum atomic E-state index is -3.53. The SMILES string of the molecule is CC1=C(C(=O)NNS(C)(=O)=O)CC=CN1CC(=O)c1cccs1. The number of hydrogen-bond acceptors (Lipinski definition) is 6. The Morgan fingerprint density at radius 1 is 1.39 bits per heavy atom. The number of carbonyl (C=O) groups is 2. The summed E-state index contributed by atoms with van der Waals surface area (Å²) in [5.41, 5.74) is 3.17. The molecule has 0 unspecified atom stereocenters. The van der Waals surface area contributed by atoms with E-state index in [9.17, 15) is 18.0 Å². The van der Waals surface area contributed by atoms with Crippen molar-refractivity contribution in [3.63, 3.8) is 0 Å². The van der Waals surface area contributed by atoms with Crippen LogP contribution >= 0.6 is 11.3 Å². The summed E-state index contributed by atoms with van der Waals surface area (Å²) in [6, 6.07) is 3.56. The van der Waals surface area contributed by atoms with Gasteiger partial charge in [-0.3, -0.25) is 15.0 Å². The molecule has 1 aliphatic heterocycles. The normalized spacial score (nSPS) is 15.0. The average molecular weight is 355 g/mol. The zero-order valence-corrected chi connectivity index (χ0v) is 14.3. The van der Waals surface area contributed by atoms with Gasteiger partial charge in [0.15, 0.2) is 5.78 Å². The molecule has 2 N–H and O–H groups in total. The summed E-state index contributed by atoms with van der Waals surface area (Å²) in [5, 5.41) is 1.83. The third-order valence-electron chi connectivity index (χ3n) is 3.21. The maximum absolute atomic E-state index is 12.2. The molecule has 0 spiro atoms. The summed E-state index contributed by atoms with van der Waals surface area (Å²) in [6.07, 6.45) is 4.82. The number of hydrazine groups is 1.